The summed E-state index contributed by atoms with van der Waals surface area (Å²) in [7, 11) is 0. The van der Waals surface area contributed by atoms with Crippen molar-refractivity contribution in [2.24, 2.45) is 5.29 Å². The van der Waals surface area contributed by atoms with Gasteiger partial charge in [-0.2, -0.15) is 5.01 Å². The second kappa shape index (κ2) is 10.7. The molecule has 0 aromatic rings. The first kappa shape index (κ1) is 21.0. The quantitative estimate of drug-likeness (QED) is 0.186. The number of aliphatic hydroxyl groups excluding tert-OH is 3. The van der Waals surface area contributed by atoms with Crippen molar-refractivity contribution >= 4 is 17.6 Å². The molecule has 0 aromatic heterocycles. The van der Waals surface area contributed by atoms with Crippen molar-refractivity contribution in [1.29, 1.82) is 0 Å². The van der Waals surface area contributed by atoms with E-state index in [4.69, 9.17) is 21.1 Å². The molecule has 1 fully saturated rings. The van der Waals surface area contributed by atoms with E-state index in [1.54, 1.807) is 0 Å². The van der Waals surface area contributed by atoms with Gasteiger partial charge in [0.25, 0.3) is 0 Å². The van der Waals surface area contributed by atoms with Gasteiger partial charge < -0.3 is 30.1 Å². The number of hydrogen-bond donors (Lipinski definition) is 4. The Bertz CT molecular complexity index is 404. The standard InChI is InChI=1S/C13H24ClN3O7/c1-2-3-6-23-12-9(11(20)10(19)8(7-18)24-12)15-13(21)17(16-22)5-4-14/h8-12,18-20H,2-7H2,1H3,(H,15,21)/t8-,9-,10-,11-,12+/m1/s1. The van der Waals surface area contributed by atoms with E-state index < -0.39 is 43.3 Å². The molecule has 1 aliphatic heterocycles. The lowest BCUT2D eigenvalue weighted by molar-refractivity contribution is -0.269. The van der Waals surface area contributed by atoms with Crippen molar-refractivity contribution in [3.8, 4) is 0 Å². The highest BCUT2D eigenvalue weighted by molar-refractivity contribution is 6.18. The van der Waals surface area contributed by atoms with Crippen molar-refractivity contribution in [3.63, 3.8) is 0 Å². The topological polar surface area (TPSA) is 141 Å². The Kier molecular flexibility index (Phi) is 9.41. The van der Waals surface area contributed by atoms with Crippen molar-refractivity contribution < 1.29 is 29.6 Å². The van der Waals surface area contributed by atoms with Crippen LogP contribution in [0.25, 0.3) is 0 Å². The lowest BCUT2D eigenvalue weighted by Gasteiger charge is -2.42. The van der Waals surface area contributed by atoms with Crippen LogP contribution in [-0.4, -0.2) is 82.6 Å². The van der Waals surface area contributed by atoms with Gasteiger partial charge in [-0.3, -0.25) is 0 Å². The summed E-state index contributed by atoms with van der Waals surface area (Å²) in [6.07, 6.45) is -3.47. The van der Waals surface area contributed by atoms with E-state index in [1.807, 2.05) is 6.92 Å². The number of nitrogens with one attached hydrogen (secondary N) is 1. The highest BCUT2D eigenvalue weighted by Crippen LogP contribution is 2.22. The monoisotopic (exact) mass is 369 g/mol. The fourth-order valence-corrected chi connectivity index (χ4v) is 2.36. The Balaban J connectivity index is 2.82. The molecule has 24 heavy (non-hydrogen) atoms. The number of carbonyl (C=O) groups is 1. The molecule has 0 aromatic carbocycles. The van der Waals surface area contributed by atoms with Crippen LogP contribution in [0.2, 0.25) is 0 Å². The van der Waals surface area contributed by atoms with Gasteiger partial charge in [-0.05, 0) is 6.42 Å². The summed E-state index contributed by atoms with van der Waals surface area (Å²) in [5.74, 6) is -0.00544. The highest BCUT2D eigenvalue weighted by Gasteiger charge is 2.46. The van der Waals surface area contributed by atoms with Gasteiger partial charge in [0.15, 0.2) is 6.29 Å². The molecule has 1 aliphatic rings. The zero-order valence-electron chi connectivity index (χ0n) is 13.4. The molecule has 11 heteroatoms. The average molecular weight is 370 g/mol. The van der Waals surface area contributed by atoms with E-state index in [0.717, 1.165) is 12.8 Å². The number of halogens is 1. The molecule has 140 valence electrons. The number of urea groups is 1. The molecule has 2 amide bonds. The lowest BCUT2D eigenvalue weighted by atomic mass is 9.97. The fraction of sp³-hybridized carbons (Fsp3) is 0.923. The molecule has 4 N–H and O–H groups in total. The van der Waals surface area contributed by atoms with E-state index >= 15 is 0 Å². The number of aliphatic hydroxyl groups is 3. The van der Waals surface area contributed by atoms with Gasteiger partial charge in [0.05, 0.1) is 18.4 Å². The maximum Gasteiger partial charge on any atom is 0.340 e. The zero-order chi connectivity index (χ0) is 18.1. The first-order valence-electron chi connectivity index (χ1n) is 7.71. The van der Waals surface area contributed by atoms with Crippen LogP contribution in [0.1, 0.15) is 19.8 Å². The molecule has 0 spiro atoms. The van der Waals surface area contributed by atoms with Crippen molar-refractivity contribution in [2.45, 2.75) is 50.4 Å². The Labute approximate surface area is 144 Å². The van der Waals surface area contributed by atoms with Crippen LogP contribution in [0, 0.1) is 4.91 Å². The van der Waals surface area contributed by atoms with Crippen LogP contribution < -0.4 is 5.32 Å². The molecule has 5 atom stereocenters. The number of amides is 2. The highest BCUT2D eigenvalue weighted by atomic mass is 35.5. The molecule has 0 saturated carbocycles. The second-order valence-corrected chi connectivity index (χ2v) is 5.68. The largest absolute Gasteiger partial charge is 0.394 e. The normalized spacial score (nSPS) is 30.0. The Morgan fingerprint density at radius 2 is 2.12 bits per heavy atom. The summed E-state index contributed by atoms with van der Waals surface area (Å²) < 4.78 is 10.9. The van der Waals surface area contributed by atoms with Gasteiger partial charge >= 0.3 is 6.03 Å². The van der Waals surface area contributed by atoms with E-state index in [9.17, 15) is 25.0 Å². The number of hydrogen-bond acceptors (Lipinski definition) is 8. The third-order valence-corrected chi connectivity index (χ3v) is 3.75. The summed E-state index contributed by atoms with van der Waals surface area (Å²) in [5.41, 5.74) is 0. The van der Waals surface area contributed by atoms with Gasteiger partial charge in [0.2, 0.25) is 0 Å². The summed E-state index contributed by atoms with van der Waals surface area (Å²) >= 11 is 5.48. The minimum Gasteiger partial charge on any atom is -0.394 e. The zero-order valence-corrected chi connectivity index (χ0v) is 14.1. The summed E-state index contributed by atoms with van der Waals surface area (Å²) in [6.45, 7) is 1.61. The smallest absolute Gasteiger partial charge is 0.340 e. The third-order valence-electron chi connectivity index (χ3n) is 3.58. The molecule has 1 rings (SSSR count). The van der Waals surface area contributed by atoms with Crippen molar-refractivity contribution in [3.05, 3.63) is 4.91 Å². The van der Waals surface area contributed by atoms with E-state index in [2.05, 4.69) is 10.6 Å². The van der Waals surface area contributed by atoms with Crippen LogP contribution in [0.5, 0.6) is 0 Å². The molecule has 0 aliphatic carbocycles. The van der Waals surface area contributed by atoms with Crippen LogP contribution in [0.3, 0.4) is 0 Å². The first-order valence-corrected chi connectivity index (χ1v) is 8.24. The number of ether oxygens (including phenoxy) is 2. The number of unbranched alkanes of at least 4 members (excludes halogenated alkanes) is 1. The van der Waals surface area contributed by atoms with Crippen LogP contribution in [-0.2, 0) is 9.47 Å². The summed E-state index contributed by atoms with van der Waals surface area (Å²) in [4.78, 5) is 22.7. The fourth-order valence-electron chi connectivity index (χ4n) is 2.20. The van der Waals surface area contributed by atoms with E-state index in [0.29, 0.717) is 11.6 Å². The molecular formula is C13H24ClN3O7. The van der Waals surface area contributed by atoms with Gasteiger partial charge in [-0.25, -0.2) is 4.79 Å². The van der Waals surface area contributed by atoms with Crippen molar-refractivity contribution in [2.75, 3.05) is 25.6 Å². The Morgan fingerprint density at radius 1 is 1.42 bits per heavy atom. The van der Waals surface area contributed by atoms with E-state index in [-0.39, 0.29) is 12.4 Å². The summed E-state index contributed by atoms with van der Waals surface area (Å²) in [6, 6.07) is -2.05. The van der Waals surface area contributed by atoms with Gasteiger partial charge in [0.1, 0.15) is 24.4 Å². The van der Waals surface area contributed by atoms with Crippen LogP contribution in [0.4, 0.5) is 4.79 Å². The average Bonchev–Trinajstić information content (AvgIpc) is 2.58. The Hall–Kier alpha value is -1.04. The maximum atomic E-state index is 12.0. The maximum absolute atomic E-state index is 12.0. The number of nitroso groups, excluding NO2 is 1. The van der Waals surface area contributed by atoms with Crippen molar-refractivity contribution in [1.82, 2.24) is 10.3 Å². The number of rotatable bonds is 9. The SMILES string of the molecule is CCCCO[C@H]1O[C@H](CO)[C@@H](O)[C@H](O)[C@H]1NC(=O)N(CCCl)N=O. The minimum atomic E-state index is -1.46. The molecule has 1 saturated heterocycles. The second-order valence-electron chi connectivity index (χ2n) is 5.30. The first-order chi connectivity index (χ1) is 11.5. The third kappa shape index (κ3) is 5.50. The minimum absolute atomic E-state index is 0.00544. The molecular weight excluding hydrogens is 346 g/mol. The van der Waals surface area contributed by atoms with Gasteiger partial charge in [-0.15, -0.1) is 16.5 Å². The van der Waals surface area contributed by atoms with Gasteiger partial charge in [-0.1, -0.05) is 13.3 Å². The predicted octanol–water partition coefficient (Wildman–Crippen LogP) is -0.457. The number of carbonyl (C=O) groups excluding carboxylic acids is 1. The molecule has 0 radical (unpaired) electrons. The van der Waals surface area contributed by atoms with Crippen LogP contribution in [0.15, 0.2) is 5.29 Å². The molecule has 0 unspecified atom stereocenters. The molecule has 10 nitrogen and oxygen atoms in total. The predicted molar refractivity (Wildman–Crippen MR) is 84.2 cm³/mol. The molecule has 1 heterocycles. The van der Waals surface area contributed by atoms with Crippen LogP contribution >= 0.6 is 11.6 Å². The lowest BCUT2D eigenvalue weighted by Crippen LogP contribution is -2.65. The Morgan fingerprint density at radius 3 is 2.67 bits per heavy atom. The van der Waals surface area contributed by atoms with E-state index in [1.165, 1.54) is 0 Å². The summed E-state index contributed by atoms with van der Waals surface area (Å²) in [5, 5.41) is 34.8. The number of nitrogens with zero attached hydrogens (tertiary/aromatic N) is 2. The number of alkyl halides is 1. The van der Waals surface area contributed by atoms with Gasteiger partial charge in [0, 0.05) is 12.5 Å². The molecule has 0 bridgehead atoms.